The van der Waals surface area contributed by atoms with Crippen molar-refractivity contribution in [3.8, 4) is 5.69 Å². The number of para-hydroxylation sites is 1. The summed E-state index contributed by atoms with van der Waals surface area (Å²) in [7, 11) is 1.32. The van der Waals surface area contributed by atoms with E-state index in [1.54, 1.807) is 18.2 Å². The van der Waals surface area contributed by atoms with E-state index < -0.39 is 5.97 Å². The molecule has 4 nitrogen and oxygen atoms in total. The number of fused-ring (bicyclic) bond motifs is 1. The van der Waals surface area contributed by atoms with E-state index >= 15 is 0 Å². The Kier molecular flexibility index (Phi) is 5.76. The molecule has 0 radical (unpaired) electrons. The zero-order valence-corrected chi connectivity index (χ0v) is 16.9. The highest BCUT2D eigenvalue weighted by atomic mass is 19.1. The summed E-state index contributed by atoms with van der Waals surface area (Å²) in [5, 5.41) is 0.781. The van der Waals surface area contributed by atoms with Crippen LogP contribution in [0.3, 0.4) is 0 Å². The van der Waals surface area contributed by atoms with E-state index in [2.05, 4.69) is 4.74 Å². The van der Waals surface area contributed by atoms with Crippen molar-refractivity contribution >= 4 is 28.7 Å². The molecule has 1 heterocycles. The second-order valence-electron chi connectivity index (χ2n) is 7.11. The third-order valence-electron chi connectivity index (χ3n) is 5.05. The molecule has 0 aliphatic heterocycles. The Morgan fingerprint density at radius 2 is 1.74 bits per heavy atom. The smallest absolute Gasteiger partial charge is 0.330 e. The molecule has 4 rings (SSSR count). The van der Waals surface area contributed by atoms with E-state index in [0.29, 0.717) is 5.56 Å². The molecule has 0 N–H and O–H groups in total. The number of hydrogen-bond acceptors (Lipinski definition) is 3. The number of nitrogens with zero attached hydrogens (tertiary/aromatic N) is 1. The Morgan fingerprint density at radius 3 is 2.45 bits per heavy atom. The van der Waals surface area contributed by atoms with E-state index in [0.717, 1.165) is 27.7 Å². The minimum Gasteiger partial charge on any atom is -0.466 e. The van der Waals surface area contributed by atoms with Crippen LogP contribution in [0.5, 0.6) is 0 Å². The van der Waals surface area contributed by atoms with Crippen molar-refractivity contribution in [2.45, 2.75) is 6.42 Å². The van der Waals surface area contributed by atoms with Gasteiger partial charge in [-0.15, -0.1) is 0 Å². The van der Waals surface area contributed by atoms with Crippen LogP contribution in [0.1, 0.15) is 21.5 Å². The van der Waals surface area contributed by atoms with Gasteiger partial charge < -0.3 is 9.30 Å². The molecule has 0 unspecified atom stereocenters. The van der Waals surface area contributed by atoms with Gasteiger partial charge in [0.1, 0.15) is 5.82 Å². The number of carbonyl (C=O) groups excluding carboxylic acids is 2. The van der Waals surface area contributed by atoms with Gasteiger partial charge >= 0.3 is 5.97 Å². The van der Waals surface area contributed by atoms with Crippen LogP contribution < -0.4 is 0 Å². The van der Waals surface area contributed by atoms with Crippen molar-refractivity contribution < 1.29 is 18.7 Å². The first-order valence-corrected chi connectivity index (χ1v) is 9.79. The first-order chi connectivity index (χ1) is 15.0. The summed E-state index contributed by atoms with van der Waals surface area (Å²) in [6.07, 6.45) is 4.99. The van der Waals surface area contributed by atoms with E-state index in [-0.39, 0.29) is 18.0 Å². The fourth-order valence-corrected chi connectivity index (χ4v) is 3.49. The molecule has 4 aromatic rings. The molecule has 0 atom stereocenters. The van der Waals surface area contributed by atoms with Crippen molar-refractivity contribution in [3.05, 3.63) is 108 Å². The Bertz CT molecular complexity index is 1270. The first-order valence-electron chi connectivity index (χ1n) is 9.79. The molecule has 1 aromatic heterocycles. The molecular formula is C26H20FNO3. The largest absolute Gasteiger partial charge is 0.466 e. The quantitative estimate of drug-likeness (QED) is 0.242. The van der Waals surface area contributed by atoms with Crippen LogP contribution in [-0.2, 0) is 16.0 Å². The fourth-order valence-electron chi connectivity index (χ4n) is 3.49. The van der Waals surface area contributed by atoms with E-state index in [1.165, 1.54) is 25.3 Å². The molecule has 0 saturated carbocycles. The Labute approximate surface area is 179 Å². The highest BCUT2D eigenvalue weighted by Crippen LogP contribution is 2.28. The molecule has 3 aromatic carbocycles. The highest BCUT2D eigenvalue weighted by Gasteiger charge is 2.17. The van der Waals surface area contributed by atoms with Gasteiger partial charge in [-0.3, -0.25) is 4.79 Å². The predicted octanol–water partition coefficient (Wildman–Crippen LogP) is 5.38. The minimum atomic E-state index is -0.449. The maximum atomic E-state index is 13.2. The van der Waals surface area contributed by atoms with Gasteiger partial charge in [-0.1, -0.05) is 36.4 Å². The normalized spacial score (nSPS) is 11.2. The molecule has 0 bridgehead atoms. The number of aromatic nitrogens is 1. The number of ether oxygens (including phenoxy) is 1. The van der Waals surface area contributed by atoms with Crippen LogP contribution in [-0.4, -0.2) is 23.4 Å². The van der Waals surface area contributed by atoms with Gasteiger partial charge in [0.2, 0.25) is 0 Å². The Hall–Kier alpha value is -3.99. The molecule has 0 aliphatic rings. The van der Waals surface area contributed by atoms with Crippen LogP contribution in [0.4, 0.5) is 4.39 Å². The number of hydrogen-bond donors (Lipinski definition) is 0. The van der Waals surface area contributed by atoms with Crippen LogP contribution in [0.15, 0.2) is 85.1 Å². The second-order valence-corrected chi connectivity index (χ2v) is 7.11. The highest BCUT2D eigenvalue weighted by molar-refractivity contribution is 6.09. The molecule has 0 amide bonds. The molecular weight excluding hydrogens is 393 g/mol. The third-order valence-corrected chi connectivity index (χ3v) is 5.05. The number of ketones is 1. The number of esters is 1. The summed E-state index contributed by atoms with van der Waals surface area (Å²) in [5.74, 6) is -0.853. The van der Waals surface area contributed by atoms with Gasteiger partial charge in [-0.05, 0) is 53.6 Å². The predicted molar refractivity (Wildman–Crippen MR) is 119 cm³/mol. The van der Waals surface area contributed by atoms with Crippen molar-refractivity contribution in [2.24, 2.45) is 0 Å². The lowest BCUT2D eigenvalue weighted by Gasteiger charge is -2.05. The molecule has 0 spiro atoms. The molecule has 154 valence electrons. The van der Waals surface area contributed by atoms with Gasteiger partial charge in [-0.2, -0.15) is 0 Å². The Balaban J connectivity index is 1.79. The Morgan fingerprint density at radius 1 is 1.00 bits per heavy atom. The summed E-state index contributed by atoms with van der Waals surface area (Å²) in [6.45, 7) is 0. The van der Waals surface area contributed by atoms with E-state index in [1.807, 2.05) is 59.3 Å². The first kappa shape index (κ1) is 20.3. The van der Waals surface area contributed by atoms with Crippen molar-refractivity contribution in [1.29, 1.82) is 0 Å². The van der Waals surface area contributed by atoms with Gasteiger partial charge in [-0.25, -0.2) is 9.18 Å². The zero-order valence-electron chi connectivity index (χ0n) is 16.9. The number of halogens is 1. The lowest BCUT2D eigenvalue weighted by Crippen LogP contribution is -2.03. The summed E-state index contributed by atoms with van der Waals surface area (Å²) in [4.78, 5) is 24.6. The summed E-state index contributed by atoms with van der Waals surface area (Å²) in [5.41, 5.74) is 3.90. The molecule has 0 aliphatic carbocycles. The van der Waals surface area contributed by atoms with Crippen LogP contribution >= 0.6 is 0 Å². The summed E-state index contributed by atoms with van der Waals surface area (Å²) >= 11 is 0. The fraction of sp³-hybridized carbons (Fsp3) is 0.0769. The number of carbonyl (C=O) groups is 2. The molecule has 0 saturated heterocycles. The van der Waals surface area contributed by atoms with Crippen molar-refractivity contribution in [2.75, 3.05) is 7.11 Å². The van der Waals surface area contributed by atoms with Gasteiger partial charge in [0.05, 0.1) is 12.6 Å². The van der Waals surface area contributed by atoms with E-state index in [4.69, 9.17) is 0 Å². The third kappa shape index (κ3) is 4.46. The molecule has 0 fully saturated rings. The van der Waals surface area contributed by atoms with Crippen LogP contribution in [0, 0.1) is 5.82 Å². The van der Waals surface area contributed by atoms with Gasteiger partial charge in [0.25, 0.3) is 0 Å². The average Bonchev–Trinajstić information content (AvgIpc) is 3.18. The summed E-state index contributed by atoms with van der Waals surface area (Å²) in [6, 6.07) is 21.4. The minimum absolute atomic E-state index is 0.0691. The molecule has 31 heavy (non-hydrogen) atoms. The number of benzene rings is 3. The number of Topliss-reactive ketones (excluding diaryl/α,β-unsaturated/α-hetero) is 1. The molecule has 5 heteroatoms. The SMILES string of the molecule is COC(=O)/C=C/c1ccc2c(c1)c(C(=O)Cc1ccc(F)cc1)cn2-c1ccccc1. The standard InChI is InChI=1S/C26H20FNO3/c1-31-26(30)14-10-18-9-13-24-22(15-18)23(17-28(24)21-5-3-2-4-6-21)25(29)16-19-7-11-20(27)12-8-19/h2-15,17H,16H2,1H3/b14-10+. The van der Waals surface area contributed by atoms with Gasteiger partial charge in [0, 0.05) is 35.3 Å². The van der Waals surface area contributed by atoms with Crippen molar-refractivity contribution in [3.63, 3.8) is 0 Å². The maximum Gasteiger partial charge on any atom is 0.330 e. The monoisotopic (exact) mass is 413 g/mol. The maximum absolute atomic E-state index is 13.2. The number of rotatable bonds is 6. The lowest BCUT2D eigenvalue weighted by atomic mass is 10.0. The number of methoxy groups -OCH3 is 1. The van der Waals surface area contributed by atoms with Crippen molar-refractivity contribution in [1.82, 2.24) is 4.57 Å². The van der Waals surface area contributed by atoms with Crippen LogP contribution in [0.25, 0.3) is 22.7 Å². The second kappa shape index (κ2) is 8.79. The van der Waals surface area contributed by atoms with E-state index in [9.17, 15) is 14.0 Å². The zero-order chi connectivity index (χ0) is 21.8. The lowest BCUT2D eigenvalue weighted by molar-refractivity contribution is -0.134. The average molecular weight is 413 g/mol. The van der Waals surface area contributed by atoms with Gasteiger partial charge in [0.15, 0.2) is 5.78 Å². The topological polar surface area (TPSA) is 48.3 Å². The van der Waals surface area contributed by atoms with Crippen LogP contribution in [0.2, 0.25) is 0 Å². The summed E-state index contributed by atoms with van der Waals surface area (Å²) < 4.78 is 19.8.